The van der Waals surface area contributed by atoms with Crippen molar-refractivity contribution in [3.63, 3.8) is 0 Å². The Morgan fingerprint density at radius 3 is 2.19 bits per heavy atom. The third-order valence-corrected chi connectivity index (χ3v) is 8.66. The number of carbonyl (C=O) groups excluding carboxylic acids is 3. The number of ether oxygens (including phenoxy) is 1. The summed E-state index contributed by atoms with van der Waals surface area (Å²) < 4.78 is 5.37. The van der Waals surface area contributed by atoms with Gasteiger partial charge in [0.25, 0.3) is 0 Å². The first-order valence-electron chi connectivity index (χ1n) is 13.8. The van der Waals surface area contributed by atoms with Crippen molar-refractivity contribution in [2.24, 2.45) is 0 Å². The fraction of sp³-hybridized carbons (Fsp3) is 0.114. The first-order chi connectivity index (χ1) is 21.0. The Morgan fingerprint density at radius 1 is 0.814 bits per heavy atom. The summed E-state index contributed by atoms with van der Waals surface area (Å²) in [4.78, 5) is 40.5. The van der Waals surface area contributed by atoms with Crippen molar-refractivity contribution in [3.05, 3.63) is 137 Å². The minimum Gasteiger partial charge on any atom is -0.462 e. The molecule has 0 radical (unpaired) electrons. The summed E-state index contributed by atoms with van der Waals surface area (Å²) in [6.07, 6.45) is 0.266. The summed E-state index contributed by atoms with van der Waals surface area (Å²) in [5.74, 6) is -0.883. The molecule has 6 nitrogen and oxygen atoms in total. The molecule has 216 valence electrons. The van der Waals surface area contributed by atoms with Crippen LogP contribution in [0.15, 0.2) is 126 Å². The van der Waals surface area contributed by atoms with Gasteiger partial charge in [-0.1, -0.05) is 97.1 Å². The molecule has 5 aromatic rings. The van der Waals surface area contributed by atoms with Gasteiger partial charge < -0.3 is 15.4 Å². The van der Waals surface area contributed by atoms with Gasteiger partial charge in [0.2, 0.25) is 11.8 Å². The molecule has 0 spiro atoms. The highest BCUT2D eigenvalue weighted by Crippen LogP contribution is 2.40. The summed E-state index contributed by atoms with van der Waals surface area (Å²) in [5.41, 5.74) is 4.29. The number of benzene rings is 4. The summed E-state index contributed by atoms with van der Waals surface area (Å²) in [7, 11) is 0. The van der Waals surface area contributed by atoms with E-state index in [-0.39, 0.29) is 24.8 Å². The second-order valence-electron chi connectivity index (χ2n) is 9.58. The van der Waals surface area contributed by atoms with E-state index in [0.29, 0.717) is 21.8 Å². The Balaban J connectivity index is 1.39. The predicted octanol–water partition coefficient (Wildman–Crippen LogP) is 8.25. The monoisotopic (exact) mass is 606 g/mol. The average Bonchev–Trinajstić information content (AvgIpc) is 3.45. The molecule has 0 aliphatic carbocycles. The van der Waals surface area contributed by atoms with Crippen molar-refractivity contribution in [1.82, 2.24) is 0 Å². The zero-order valence-corrected chi connectivity index (χ0v) is 25.1. The van der Waals surface area contributed by atoms with E-state index in [2.05, 4.69) is 10.6 Å². The molecule has 0 fully saturated rings. The molecular weight excluding hydrogens is 577 g/mol. The van der Waals surface area contributed by atoms with Crippen LogP contribution in [0.5, 0.6) is 0 Å². The molecule has 1 heterocycles. The van der Waals surface area contributed by atoms with E-state index >= 15 is 0 Å². The number of nitrogens with one attached hydrogen (secondary N) is 2. The minimum absolute atomic E-state index is 0.121. The number of anilines is 2. The molecule has 0 bridgehead atoms. The van der Waals surface area contributed by atoms with Crippen LogP contribution in [0.2, 0.25) is 0 Å². The smallest absolute Gasteiger partial charge is 0.341 e. The van der Waals surface area contributed by atoms with Gasteiger partial charge in [0, 0.05) is 21.5 Å². The van der Waals surface area contributed by atoms with Crippen molar-refractivity contribution in [3.8, 4) is 11.1 Å². The van der Waals surface area contributed by atoms with Crippen molar-refractivity contribution in [2.75, 3.05) is 17.2 Å². The zero-order chi connectivity index (χ0) is 30.0. The molecule has 1 unspecified atom stereocenters. The molecule has 0 aliphatic rings. The van der Waals surface area contributed by atoms with Crippen LogP contribution in [-0.2, 0) is 20.7 Å². The van der Waals surface area contributed by atoms with Gasteiger partial charge >= 0.3 is 5.97 Å². The number of esters is 1. The molecule has 2 amide bonds. The van der Waals surface area contributed by atoms with Gasteiger partial charge in [-0.2, -0.15) is 0 Å². The van der Waals surface area contributed by atoms with Crippen molar-refractivity contribution in [2.45, 2.75) is 23.5 Å². The van der Waals surface area contributed by atoms with Gasteiger partial charge in [-0.25, -0.2) is 4.79 Å². The predicted molar refractivity (Wildman–Crippen MR) is 175 cm³/mol. The molecular formula is C35H30N2O4S2. The molecule has 4 aromatic carbocycles. The van der Waals surface area contributed by atoms with Gasteiger partial charge in [-0.15, -0.1) is 23.1 Å². The Hall–Kier alpha value is -4.66. The third kappa shape index (κ3) is 7.80. The van der Waals surface area contributed by atoms with E-state index in [0.717, 1.165) is 21.6 Å². The van der Waals surface area contributed by atoms with E-state index in [1.807, 2.05) is 121 Å². The van der Waals surface area contributed by atoms with Crippen molar-refractivity contribution < 1.29 is 19.1 Å². The number of thioether (sulfide) groups is 1. The number of rotatable bonds is 11. The van der Waals surface area contributed by atoms with Crippen LogP contribution < -0.4 is 10.6 Å². The quantitative estimate of drug-likeness (QED) is 0.117. The molecule has 0 saturated heterocycles. The highest BCUT2D eigenvalue weighted by molar-refractivity contribution is 8.00. The minimum atomic E-state index is -0.631. The summed E-state index contributed by atoms with van der Waals surface area (Å²) in [5, 5.41) is 7.65. The van der Waals surface area contributed by atoms with E-state index in [1.54, 1.807) is 6.92 Å². The lowest BCUT2D eigenvalue weighted by Gasteiger charge is -2.18. The van der Waals surface area contributed by atoms with Crippen LogP contribution >= 0.6 is 23.1 Å². The highest BCUT2D eigenvalue weighted by atomic mass is 32.2. The standard InChI is InChI=1S/C35H30N2O4S2/c1-2-41-35(40)31-29(25-15-8-4-9-16-25)23-42-34(31)37-33(39)32(26-17-10-5-11-18-26)43-28-20-12-19-27(22-28)36-30(38)21-24-13-6-3-7-14-24/h3-20,22-23,32H,2,21H2,1H3,(H,36,38)(H,37,39). The van der Waals surface area contributed by atoms with E-state index in [9.17, 15) is 14.4 Å². The Morgan fingerprint density at radius 2 is 1.49 bits per heavy atom. The zero-order valence-electron chi connectivity index (χ0n) is 23.5. The molecule has 0 aliphatic heterocycles. The van der Waals surface area contributed by atoms with Gasteiger partial charge in [0.15, 0.2) is 0 Å². The molecule has 43 heavy (non-hydrogen) atoms. The lowest BCUT2D eigenvalue weighted by molar-refractivity contribution is -0.116. The Bertz CT molecular complexity index is 1690. The molecule has 2 N–H and O–H groups in total. The van der Waals surface area contributed by atoms with Crippen LogP contribution in [0, 0.1) is 0 Å². The SMILES string of the molecule is CCOC(=O)c1c(-c2ccccc2)csc1NC(=O)C(Sc1cccc(NC(=O)Cc2ccccc2)c1)c1ccccc1. The fourth-order valence-corrected chi connectivity index (χ4v) is 6.58. The molecule has 5 rings (SSSR count). The van der Waals surface area contributed by atoms with Gasteiger partial charge in [-0.05, 0) is 41.8 Å². The maximum atomic E-state index is 13.9. The molecule has 0 saturated carbocycles. The van der Waals surface area contributed by atoms with Gasteiger partial charge in [0.05, 0.1) is 13.0 Å². The maximum Gasteiger partial charge on any atom is 0.341 e. The topological polar surface area (TPSA) is 84.5 Å². The highest BCUT2D eigenvalue weighted by Gasteiger charge is 2.27. The number of hydrogen-bond acceptors (Lipinski definition) is 6. The summed E-state index contributed by atoms with van der Waals surface area (Å²) in [6.45, 7) is 1.97. The van der Waals surface area contributed by atoms with Gasteiger partial charge in [0.1, 0.15) is 15.8 Å². The van der Waals surface area contributed by atoms with Crippen LogP contribution in [0.4, 0.5) is 10.7 Å². The lowest BCUT2D eigenvalue weighted by atomic mass is 10.0. The second kappa shape index (κ2) is 14.5. The molecule has 8 heteroatoms. The number of thiophene rings is 1. The third-order valence-electron chi connectivity index (χ3n) is 6.51. The number of carbonyl (C=O) groups is 3. The van der Waals surface area contributed by atoms with Crippen LogP contribution in [0.1, 0.15) is 33.7 Å². The Labute approximate surface area is 259 Å². The van der Waals surface area contributed by atoms with Crippen LogP contribution in [0.3, 0.4) is 0 Å². The first kappa shape index (κ1) is 29.8. The van der Waals surface area contributed by atoms with E-state index in [4.69, 9.17) is 4.74 Å². The number of amides is 2. The number of hydrogen-bond donors (Lipinski definition) is 2. The average molecular weight is 607 g/mol. The summed E-state index contributed by atoms with van der Waals surface area (Å²) in [6, 6.07) is 36.0. The Kier molecular flexibility index (Phi) is 10.0. The van der Waals surface area contributed by atoms with Gasteiger partial charge in [-0.3, -0.25) is 9.59 Å². The summed E-state index contributed by atoms with van der Waals surface area (Å²) >= 11 is 2.66. The van der Waals surface area contributed by atoms with E-state index in [1.165, 1.54) is 23.1 Å². The first-order valence-corrected chi connectivity index (χ1v) is 15.6. The lowest BCUT2D eigenvalue weighted by Crippen LogP contribution is -2.20. The fourth-order valence-electron chi connectivity index (χ4n) is 4.53. The maximum absolute atomic E-state index is 13.9. The van der Waals surface area contributed by atoms with Crippen molar-refractivity contribution in [1.29, 1.82) is 0 Å². The van der Waals surface area contributed by atoms with Crippen LogP contribution in [-0.4, -0.2) is 24.4 Å². The van der Waals surface area contributed by atoms with Crippen LogP contribution in [0.25, 0.3) is 11.1 Å². The molecule has 1 aromatic heterocycles. The largest absolute Gasteiger partial charge is 0.462 e. The molecule has 1 atom stereocenters. The second-order valence-corrected chi connectivity index (χ2v) is 11.6. The van der Waals surface area contributed by atoms with Crippen molar-refractivity contribution >= 4 is 51.6 Å². The van der Waals surface area contributed by atoms with E-state index < -0.39 is 11.2 Å². The normalized spacial score (nSPS) is 11.4.